The zero-order valence-corrected chi connectivity index (χ0v) is 19.0. The van der Waals surface area contributed by atoms with Gasteiger partial charge in [0.2, 0.25) is 0 Å². The van der Waals surface area contributed by atoms with Gasteiger partial charge in [0, 0.05) is 37.3 Å². The molecule has 166 valence electrons. The van der Waals surface area contributed by atoms with E-state index in [2.05, 4.69) is 67.7 Å². The molecule has 0 bridgehead atoms. The fourth-order valence-electron chi connectivity index (χ4n) is 5.25. The van der Waals surface area contributed by atoms with Crippen LogP contribution in [0.15, 0.2) is 24.5 Å². The third-order valence-electron chi connectivity index (χ3n) is 7.16. The average molecular weight is 413 g/mol. The van der Waals surface area contributed by atoms with Gasteiger partial charge in [-0.2, -0.15) is 0 Å². The molecule has 0 amide bonds. The Hall–Kier alpha value is -1.66. The Morgan fingerprint density at radius 2 is 1.27 bits per heavy atom. The van der Waals surface area contributed by atoms with E-state index in [4.69, 9.17) is 0 Å². The molecule has 0 N–H and O–H groups in total. The number of aryl methyl sites for hydroxylation is 2. The quantitative estimate of drug-likeness (QED) is 0.624. The Labute approximate surface area is 182 Å². The Kier molecular flexibility index (Phi) is 7.61. The minimum atomic E-state index is 0.730. The predicted octanol–water partition coefficient (Wildman–Crippen LogP) is 4.01. The molecule has 0 unspecified atom stereocenters. The first-order valence-electron chi connectivity index (χ1n) is 12.3. The second-order valence-corrected chi connectivity index (χ2v) is 9.38. The Balaban J connectivity index is 1.36. The molecular formula is C24H40N6. The molecule has 2 aliphatic rings. The van der Waals surface area contributed by atoms with Crippen molar-refractivity contribution in [2.24, 2.45) is 0 Å². The van der Waals surface area contributed by atoms with E-state index >= 15 is 0 Å². The van der Waals surface area contributed by atoms with E-state index in [1.807, 2.05) is 0 Å². The van der Waals surface area contributed by atoms with Crippen molar-refractivity contribution in [3.05, 3.63) is 36.2 Å². The van der Waals surface area contributed by atoms with Crippen molar-refractivity contribution in [2.45, 2.75) is 90.1 Å². The van der Waals surface area contributed by atoms with E-state index in [0.29, 0.717) is 0 Å². The van der Waals surface area contributed by atoms with Crippen LogP contribution in [-0.2, 0) is 12.8 Å². The molecule has 2 fully saturated rings. The highest BCUT2D eigenvalue weighted by Crippen LogP contribution is 2.19. The summed E-state index contributed by atoms with van der Waals surface area (Å²) in [7, 11) is 0. The summed E-state index contributed by atoms with van der Waals surface area (Å²) in [6.45, 7) is 9.60. The van der Waals surface area contributed by atoms with Crippen LogP contribution in [0.3, 0.4) is 0 Å². The number of hydrogen-bond acceptors (Lipinski definition) is 4. The van der Waals surface area contributed by atoms with Crippen LogP contribution >= 0.6 is 0 Å². The lowest BCUT2D eigenvalue weighted by atomic mass is 10.0. The molecule has 2 aromatic heterocycles. The molecule has 0 aliphatic carbocycles. The van der Waals surface area contributed by atoms with Gasteiger partial charge in [-0.1, -0.05) is 12.8 Å². The van der Waals surface area contributed by atoms with Gasteiger partial charge in [0.25, 0.3) is 0 Å². The van der Waals surface area contributed by atoms with Crippen molar-refractivity contribution < 1.29 is 0 Å². The summed E-state index contributed by atoms with van der Waals surface area (Å²) in [5.74, 6) is 2.19. The Morgan fingerprint density at radius 3 is 1.73 bits per heavy atom. The van der Waals surface area contributed by atoms with Crippen LogP contribution in [0.5, 0.6) is 0 Å². The summed E-state index contributed by atoms with van der Waals surface area (Å²) in [5, 5.41) is 9.23. The van der Waals surface area contributed by atoms with E-state index in [1.54, 1.807) is 0 Å². The summed E-state index contributed by atoms with van der Waals surface area (Å²) in [6.07, 6.45) is 16.6. The maximum Gasteiger partial charge on any atom is 0.153 e. The van der Waals surface area contributed by atoms with Gasteiger partial charge in [-0.15, -0.1) is 10.2 Å². The van der Waals surface area contributed by atoms with Crippen molar-refractivity contribution in [1.29, 1.82) is 0 Å². The first-order chi connectivity index (χ1) is 14.7. The zero-order valence-electron chi connectivity index (χ0n) is 19.0. The molecule has 0 saturated carbocycles. The average Bonchev–Trinajstić information content (AvgIpc) is 3.41. The number of rotatable bonds is 9. The fraction of sp³-hybridized carbons (Fsp3) is 0.750. The second kappa shape index (κ2) is 10.6. The molecule has 30 heavy (non-hydrogen) atoms. The van der Waals surface area contributed by atoms with E-state index in [-0.39, 0.29) is 0 Å². The summed E-state index contributed by atoms with van der Waals surface area (Å²) >= 11 is 0. The van der Waals surface area contributed by atoms with Gasteiger partial charge in [0.15, 0.2) is 11.6 Å². The molecule has 0 spiro atoms. The lowest BCUT2D eigenvalue weighted by Crippen LogP contribution is -2.38. The van der Waals surface area contributed by atoms with Gasteiger partial charge >= 0.3 is 0 Å². The van der Waals surface area contributed by atoms with Crippen molar-refractivity contribution in [1.82, 2.24) is 29.3 Å². The highest BCUT2D eigenvalue weighted by molar-refractivity contribution is 5.02. The molecule has 2 aliphatic heterocycles. The number of piperidine rings is 2. The lowest BCUT2D eigenvalue weighted by Gasteiger charge is -2.33. The normalized spacial score (nSPS) is 23.8. The largest absolute Gasteiger partial charge is 0.301 e. The smallest absolute Gasteiger partial charge is 0.153 e. The fourth-order valence-corrected chi connectivity index (χ4v) is 5.25. The predicted molar refractivity (Wildman–Crippen MR) is 122 cm³/mol. The molecule has 6 heteroatoms. The van der Waals surface area contributed by atoms with Gasteiger partial charge < -0.3 is 9.80 Å². The maximum absolute atomic E-state index is 4.61. The molecule has 2 atom stereocenters. The molecule has 6 nitrogen and oxygen atoms in total. The SMILES string of the molecule is C[C@H]1CCCCN1CCCc1nnc(CCCN2CCCC[C@@H]2C)n1-n1cccc1. The molecule has 2 aromatic rings. The van der Waals surface area contributed by atoms with Gasteiger partial charge in [-0.3, -0.25) is 4.68 Å². The van der Waals surface area contributed by atoms with Crippen molar-refractivity contribution in [2.75, 3.05) is 26.2 Å². The summed E-state index contributed by atoms with van der Waals surface area (Å²) < 4.78 is 4.40. The Morgan fingerprint density at radius 1 is 0.767 bits per heavy atom. The highest BCUT2D eigenvalue weighted by Gasteiger charge is 2.20. The molecule has 2 saturated heterocycles. The number of hydrogen-bond donors (Lipinski definition) is 0. The van der Waals surface area contributed by atoms with Crippen LogP contribution in [0.1, 0.15) is 76.9 Å². The van der Waals surface area contributed by atoms with Gasteiger partial charge in [-0.05, 0) is 90.7 Å². The van der Waals surface area contributed by atoms with Crippen molar-refractivity contribution in [3.63, 3.8) is 0 Å². The zero-order chi connectivity index (χ0) is 20.8. The van der Waals surface area contributed by atoms with Crippen LogP contribution < -0.4 is 0 Å². The minimum absolute atomic E-state index is 0.730. The first kappa shape index (κ1) is 21.6. The second-order valence-electron chi connectivity index (χ2n) is 9.38. The van der Waals surface area contributed by atoms with Gasteiger partial charge in [-0.25, -0.2) is 4.68 Å². The third kappa shape index (κ3) is 5.33. The molecule has 0 aromatic carbocycles. The molecule has 0 radical (unpaired) electrons. The molecule has 4 heterocycles. The highest BCUT2D eigenvalue weighted by atomic mass is 15.5. The van der Waals surface area contributed by atoms with E-state index in [9.17, 15) is 0 Å². The van der Waals surface area contributed by atoms with Crippen LogP contribution in [0.4, 0.5) is 0 Å². The van der Waals surface area contributed by atoms with E-state index < -0.39 is 0 Å². The lowest BCUT2D eigenvalue weighted by molar-refractivity contribution is 0.158. The van der Waals surface area contributed by atoms with Crippen LogP contribution in [0.2, 0.25) is 0 Å². The monoisotopic (exact) mass is 412 g/mol. The van der Waals surface area contributed by atoms with Crippen LogP contribution in [0, 0.1) is 0 Å². The topological polar surface area (TPSA) is 42.1 Å². The van der Waals surface area contributed by atoms with Crippen molar-refractivity contribution in [3.8, 4) is 0 Å². The molecular weight excluding hydrogens is 372 g/mol. The van der Waals surface area contributed by atoms with Crippen molar-refractivity contribution >= 4 is 0 Å². The maximum atomic E-state index is 4.61. The van der Waals surface area contributed by atoms with Gasteiger partial charge in [0.1, 0.15) is 0 Å². The van der Waals surface area contributed by atoms with E-state index in [0.717, 1.165) is 49.4 Å². The van der Waals surface area contributed by atoms with Crippen LogP contribution in [0.25, 0.3) is 0 Å². The summed E-state index contributed by atoms with van der Waals surface area (Å²) in [4.78, 5) is 5.31. The summed E-state index contributed by atoms with van der Waals surface area (Å²) in [5.41, 5.74) is 0. The summed E-state index contributed by atoms with van der Waals surface area (Å²) in [6, 6.07) is 5.62. The minimum Gasteiger partial charge on any atom is -0.301 e. The van der Waals surface area contributed by atoms with Crippen LogP contribution in [-0.4, -0.2) is 67.6 Å². The van der Waals surface area contributed by atoms with E-state index in [1.165, 1.54) is 64.7 Å². The van der Waals surface area contributed by atoms with Gasteiger partial charge in [0.05, 0.1) is 0 Å². The number of likely N-dealkylation sites (tertiary alicyclic amines) is 2. The number of aromatic nitrogens is 4. The molecule has 4 rings (SSSR count). The standard InChI is InChI=1S/C24H40N6/c1-21-11-3-5-15-27(21)17-9-13-23-25-26-24(30(23)29-19-7-8-20-29)14-10-18-28-16-6-4-12-22(28)2/h7-8,19-22H,3-6,9-18H2,1-2H3/t21-,22-/m0/s1. The third-order valence-corrected chi connectivity index (χ3v) is 7.16. The number of nitrogens with zero attached hydrogens (tertiary/aromatic N) is 6. The Bertz CT molecular complexity index is 706. The first-order valence-corrected chi connectivity index (χ1v) is 12.3.